The van der Waals surface area contributed by atoms with Crippen LogP contribution in [0.1, 0.15) is 34.2 Å². The molecule has 4 heterocycles. The SMILES string of the molecule is Cc1cc(C(=O)CSc2ncnc3ccsc23)c(C)n1[C@H]1CCS(=O)(=O)C1. The summed E-state index contributed by atoms with van der Waals surface area (Å²) in [6.45, 7) is 3.83. The molecule has 27 heavy (non-hydrogen) atoms. The molecule has 0 unspecified atom stereocenters. The number of ketones is 1. The molecule has 3 aromatic heterocycles. The van der Waals surface area contributed by atoms with Gasteiger partial charge >= 0.3 is 0 Å². The van der Waals surface area contributed by atoms with Crippen molar-refractivity contribution in [1.82, 2.24) is 14.5 Å². The molecule has 3 aromatic rings. The van der Waals surface area contributed by atoms with E-state index < -0.39 is 9.84 Å². The topological polar surface area (TPSA) is 81.9 Å². The van der Waals surface area contributed by atoms with Crippen LogP contribution in [-0.4, -0.2) is 46.0 Å². The molecule has 0 bridgehead atoms. The molecule has 1 aliphatic rings. The fourth-order valence-electron chi connectivity index (χ4n) is 3.68. The van der Waals surface area contributed by atoms with Crippen molar-refractivity contribution in [2.24, 2.45) is 0 Å². The number of carbonyl (C=O) groups is 1. The normalized spacial score (nSPS) is 19.0. The Bertz CT molecular complexity index is 1130. The maximum Gasteiger partial charge on any atom is 0.174 e. The highest BCUT2D eigenvalue weighted by atomic mass is 32.2. The predicted octanol–water partition coefficient (Wildman–Crippen LogP) is 3.44. The second-order valence-corrected chi connectivity index (χ2v) is 10.8. The number of carbonyl (C=O) groups excluding carboxylic acids is 1. The van der Waals surface area contributed by atoms with Crippen LogP contribution < -0.4 is 0 Å². The third-order valence-electron chi connectivity index (χ3n) is 4.91. The van der Waals surface area contributed by atoms with Crippen molar-refractivity contribution in [3.63, 3.8) is 0 Å². The number of Topliss-reactive ketones (excluding diaryl/α,β-unsaturated/α-hetero) is 1. The van der Waals surface area contributed by atoms with E-state index in [1.807, 2.05) is 35.9 Å². The lowest BCUT2D eigenvalue weighted by Gasteiger charge is -2.16. The Morgan fingerprint density at radius 2 is 2.19 bits per heavy atom. The smallest absolute Gasteiger partial charge is 0.174 e. The number of aryl methyl sites for hydroxylation is 1. The van der Waals surface area contributed by atoms with Gasteiger partial charge < -0.3 is 4.57 Å². The third-order valence-corrected chi connectivity index (χ3v) is 8.69. The minimum atomic E-state index is -2.97. The van der Waals surface area contributed by atoms with Gasteiger partial charge in [-0.15, -0.1) is 11.3 Å². The molecule has 1 aliphatic heterocycles. The summed E-state index contributed by atoms with van der Waals surface area (Å²) in [6, 6.07) is 3.75. The van der Waals surface area contributed by atoms with E-state index in [0.717, 1.165) is 26.6 Å². The van der Waals surface area contributed by atoms with Crippen molar-refractivity contribution in [1.29, 1.82) is 0 Å². The van der Waals surface area contributed by atoms with Crippen LogP contribution in [0.15, 0.2) is 28.9 Å². The molecule has 1 fully saturated rings. The molecule has 0 radical (unpaired) electrons. The molecule has 9 heteroatoms. The summed E-state index contributed by atoms with van der Waals surface area (Å²) in [7, 11) is -2.97. The van der Waals surface area contributed by atoms with Gasteiger partial charge in [0.25, 0.3) is 0 Å². The van der Waals surface area contributed by atoms with E-state index in [1.165, 1.54) is 18.1 Å². The van der Waals surface area contributed by atoms with E-state index in [4.69, 9.17) is 0 Å². The van der Waals surface area contributed by atoms with Crippen molar-refractivity contribution in [2.45, 2.75) is 31.3 Å². The monoisotopic (exact) mass is 421 g/mol. The molecule has 0 saturated carbocycles. The number of hydrogen-bond donors (Lipinski definition) is 0. The Hall–Kier alpha value is -1.71. The molecule has 0 amide bonds. The number of rotatable bonds is 5. The molecule has 1 atom stereocenters. The lowest BCUT2D eigenvalue weighted by molar-refractivity contribution is 0.102. The second-order valence-electron chi connectivity index (χ2n) is 6.74. The first-order valence-electron chi connectivity index (χ1n) is 8.59. The van der Waals surface area contributed by atoms with Gasteiger partial charge in [0.15, 0.2) is 15.6 Å². The molecule has 0 aromatic carbocycles. The number of aromatic nitrogens is 3. The fraction of sp³-hybridized carbons (Fsp3) is 0.389. The zero-order valence-electron chi connectivity index (χ0n) is 15.0. The Morgan fingerprint density at radius 1 is 1.37 bits per heavy atom. The lowest BCUT2D eigenvalue weighted by atomic mass is 10.2. The van der Waals surface area contributed by atoms with Crippen LogP contribution in [0.25, 0.3) is 10.2 Å². The number of sulfone groups is 1. The number of hydrogen-bond acceptors (Lipinski definition) is 7. The quantitative estimate of drug-likeness (QED) is 0.357. The molecule has 142 valence electrons. The number of nitrogens with zero attached hydrogens (tertiary/aromatic N) is 3. The van der Waals surface area contributed by atoms with Crippen LogP contribution in [0.5, 0.6) is 0 Å². The van der Waals surface area contributed by atoms with Crippen LogP contribution in [0.2, 0.25) is 0 Å². The Labute approximate surface area is 165 Å². The van der Waals surface area contributed by atoms with Crippen molar-refractivity contribution in [3.8, 4) is 0 Å². The van der Waals surface area contributed by atoms with Gasteiger partial charge in [0.1, 0.15) is 11.4 Å². The first-order valence-corrected chi connectivity index (χ1v) is 12.3. The zero-order chi connectivity index (χ0) is 19.2. The minimum absolute atomic E-state index is 0.0310. The van der Waals surface area contributed by atoms with Crippen molar-refractivity contribution < 1.29 is 13.2 Å². The Kier molecular flexibility index (Phi) is 4.85. The van der Waals surface area contributed by atoms with Gasteiger partial charge in [-0.2, -0.15) is 0 Å². The first-order chi connectivity index (χ1) is 12.9. The molecule has 0 spiro atoms. The molecule has 0 N–H and O–H groups in total. The molecule has 6 nitrogen and oxygen atoms in total. The van der Waals surface area contributed by atoms with E-state index in [1.54, 1.807) is 11.3 Å². The second kappa shape index (κ2) is 7.03. The summed E-state index contributed by atoms with van der Waals surface area (Å²) in [5.74, 6) is 0.696. The van der Waals surface area contributed by atoms with Gasteiger partial charge in [-0.3, -0.25) is 4.79 Å². The lowest BCUT2D eigenvalue weighted by Crippen LogP contribution is -2.14. The van der Waals surface area contributed by atoms with E-state index >= 15 is 0 Å². The predicted molar refractivity (Wildman–Crippen MR) is 109 cm³/mol. The summed E-state index contributed by atoms with van der Waals surface area (Å²) >= 11 is 2.99. The third kappa shape index (κ3) is 3.55. The van der Waals surface area contributed by atoms with Gasteiger partial charge in [0.2, 0.25) is 0 Å². The highest BCUT2D eigenvalue weighted by Gasteiger charge is 2.31. The van der Waals surface area contributed by atoms with E-state index in [9.17, 15) is 13.2 Å². The Morgan fingerprint density at radius 3 is 2.93 bits per heavy atom. The average molecular weight is 422 g/mol. The van der Waals surface area contributed by atoms with E-state index in [2.05, 4.69) is 9.97 Å². The van der Waals surface area contributed by atoms with E-state index in [-0.39, 0.29) is 29.1 Å². The zero-order valence-corrected chi connectivity index (χ0v) is 17.5. The number of thioether (sulfide) groups is 1. The van der Waals surface area contributed by atoms with Gasteiger partial charge in [0.05, 0.1) is 27.5 Å². The van der Waals surface area contributed by atoms with E-state index in [0.29, 0.717) is 12.0 Å². The Balaban J connectivity index is 1.54. The van der Waals surface area contributed by atoms with Crippen LogP contribution in [0.4, 0.5) is 0 Å². The number of fused-ring (bicyclic) bond motifs is 1. The molecule has 0 aliphatic carbocycles. The van der Waals surface area contributed by atoms with Crippen LogP contribution in [0.3, 0.4) is 0 Å². The highest BCUT2D eigenvalue weighted by Crippen LogP contribution is 2.32. The van der Waals surface area contributed by atoms with Crippen molar-refractivity contribution in [3.05, 3.63) is 40.8 Å². The molecule has 1 saturated heterocycles. The van der Waals surface area contributed by atoms with Crippen molar-refractivity contribution in [2.75, 3.05) is 17.3 Å². The maximum atomic E-state index is 12.8. The van der Waals surface area contributed by atoms with Gasteiger partial charge in [-0.25, -0.2) is 18.4 Å². The van der Waals surface area contributed by atoms with Gasteiger partial charge in [-0.05, 0) is 37.8 Å². The van der Waals surface area contributed by atoms with Crippen LogP contribution in [0, 0.1) is 13.8 Å². The summed E-state index contributed by atoms with van der Waals surface area (Å²) in [5.41, 5.74) is 3.35. The molecular weight excluding hydrogens is 402 g/mol. The van der Waals surface area contributed by atoms with Crippen LogP contribution in [-0.2, 0) is 9.84 Å². The maximum absolute atomic E-state index is 12.8. The first kappa shape index (κ1) is 18.6. The van der Waals surface area contributed by atoms with Gasteiger partial charge in [-0.1, -0.05) is 11.8 Å². The minimum Gasteiger partial charge on any atom is -0.344 e. The summed E-state index contributed by atoms with van der Waals surface area (Å²) in [6.07, 6.45) is 2.13. The molecule has 4 rings (SSSR count). The van der Waals surface area contributed by atoms with Crippen LogP contribution >= 0.6 is 23.1 Å². The molecular formula is C18H19N3O3S3. The average Bonchev–Trinajstić information content (AvgIpc) is 3.30. The van der Waals surface area contributed by atoms with Gasteiger partial charge in [0, 0.05) is 23.0 Å². The summed E-state index contributed by atoms with van der Waals surface area (Å²) < 4.78 is 26.7. The highest BCUT2D eigenvalue weighted by molar-refractivity contribution is 8.00. The fourth-order valence-corrected chi connectivity index (χ4v) is 7.21. The largest absolute Gasteiger partial charge is 0.344 e. The summed E-state index contributed by atoms with van der Waals surface area (Å²) in [5, 5.41) is 2.79. The van der Waals surface area contributed by atoms with Crippen molar-refractivity contribution >= 4 is 48.9 Å². The standard InChI is InChI=1S/C18H19N3O3S3/c1-11-7-14(12(2)21(11)13-4-6-27(23,24)9-13)16(22)8-26-18-17-15(3-5-25-17)19-10-20-18/h3,5,7,10,13H,4,6,8-9H2,1-2H3/t13-/m0/s1. The number of thiophene rings is 1. The summed E-state index contributed by atoms with van der Waals surface area (Å²) in [4.78, 5) is 21.4.